The van der Waals surface area contributed by atoms with E-state index in [4.69, 9.17) is 4.74 Å². The molecule has 1 aromatic carbocycles. The molecule has 0 saturated carbocycles. The summed E-state index contributed by atoms with van der Waals surface area (Å²) in [7, 11) is 1.86. The Morgan fingerprint density at radius 3 is 2.85 bits per heavy atom. The average Bonchev–Trinajstić information content (AvgIpc) is 2.94. The molecule has 5 heteroatoms. The van der Waals surface area contributed by atoms with E-state index in [0.717, 1.165) is 30.8 Å². The number of halogens is 1. The van der Waals surface area contributed by atoms with Gasteiger partial charge in [0.2, 0.25) is 5.91 Å². The monoisotopic (exact) mass is 298 g/mol. The van der Waals surface area contributed by atoms with Crippen molar-refractivity contribution in [2.45, 2.75) is 19.9 Å². The SMILES string of the molecule is CCOc1ccccc1CN(C)C(=O)C1CCNC1.Cl. The third-order valence-corrected chi connectivity index (χ3v) is 3.47. The maximum absolute atomic E-state index is 12.3. The van der Waals surface area contributed by atoms with Crippen molar-refractivity contribution in [3.8, 4) is 5.75 Å². The lowest BCUT2D eigenvalue weighted by Gasteiger charge is -2.22. The van der Waals surface area contributed by atoms with E-state index in [-0.39, 0.29) is 24.2 Å². The average molecular weight is 299 g/mol. The van der Waals surface area contributed by atoms with E-state index in [1.807, 2.05) is 38.2 Å². The molecule has 1 aliphatic heterocycles. The molecule has 4 nitrogen and oxygen atoms in total. The Balaban J connectivity index is 0.00000200. The van der Waals surface area contributed by atoms with Crippen LogP contribution < -0.4 is 10.1 Å². The highest BCUT2D eigenvalue weighted by Gasteiger charge is 2.25. The normalized spacial score (nSPS) is 17.4. The molecule has 1 atom stereocenters. The first-order chi connectivity index (χ1) is 9.22. The molecule has 1 amide bonds. The van der Waals surface area contributed by atoms with Gasteiger partial charge in [-0.3, -0.25) is 4.79 Å². The van der Waals surface area contributed by atoms with Crippen LogP contribution in [0.4, 0.5) is 0 Å². The molecule has 0 radical (unpaired) electrons. The Morgan fingerprint density at radius 2 is 2.20 bits per heavy atom. The third-order valence-electron chi connectivity index (χ3n) is 3.47. The smallest absolute Gasteiger partial charge is 0.227 e. The van der Waals surface area contributed by atoms with Gasteiger partial charge in [-0.15, -0.1) is 12.4 Å². The highest BCUT2D eigenvalue weighted by Crippen LogP contribution is 2.21. The number of nitrogens with zero attached hydrogens (tertiary/aromatic N) is 1. The van der Waals surface area contributed by atoms with Gasteiger partial charge in [0.15, 0.2) is 0 Å². The van der Waals surface area contributed by atoms with Crippen LogP contribution >= 0.6 is 12.4 Å². The number of carbonyl (C=O) groups is 1. The number of amides is 1. The zero-order valence-corrected chi connectivity index (χ0v) is 12.9. The van der Waals surface area contributed by atoms with E-state index in [0.29, 0.717) is 13.2 Å². The van der Waals surface area contributed by atoms with Crippen LogP contribution in [0.15, 0.2) is 24.3 Å². The fraction of sp³-hybridized carbons (Fsp3) is 0.533. The van der Waals surface area contributed by atoms with Crippen LogP contribution in [0.1, 0.15) is 18.9 Å². The number of para-hydroxylation sites is 1. The zero-order chi connectivity index (χ0) is 13.7. The first kappa shape index (κ1) is 16.8. The van der Waals surface area contributed by atoms with E-state index in [9.17, 15) is 4.79 Å². The standard InChI is InChI=1S/C15H22N2O2.ClH/c1-3-19-14-7-5-4-6-13(14)11-17(2)15(18)12-8-9-16-10-12;/h4-7,12,16H,3,8-11H2,1-2H3;1H. The maximum atomic E-state index is 12.3. The Labute approximate surface area is 126 Å². The lowest BCUT2D eigenvalue weighted by Crippen LogP contribution is -2.33. The van der Waals surface area contributed by atoms with E-state index in [1.54, 1.807) is 4.90 Å². The van der Waals surface area contributed by atoms with Crippen LogP contribution in [0, 0.1) is 5.92 Å². The highest BCUT2D eigenvalue weighted by molar-refractivity contribution is 5.85. The fourth-order valence-electron chi connectivity index (χ4n) is 2.44. The molecule has 0 bridgehead atoms. The Kier molecular flexibility index (Phi) is 6.82. The number of benzene rings is 1. The molecule has 2 rings (SSSR count). The number of hydrogen-bond donors (Lipinski definition) is 1. The summed E-state index contributed by atoms with van der Waals surface area (Å²) in [6, 6.07) is 7.90. The first-order valence-corrected chi connectivity index (χ1v) is 6.88. The maximum Gasteiger partial charge on any atom is 0.227 e. The van der Waals surface area contributed by atoms with Crippen LogP contribution in [-0.2, 0) is 11.3 Å². The number of hydrogen-bond acceptors (Lipinski definition) is 3. The molecular weight excluding hydrogens is 276 g/mol. The molecule has 0 spiro atoms. The van der Waals surface area contributed by atoms with Crippen molar-refractivity contribution in [1.82, 2.24) is 10.2 Å². The highest BCUT2D eigenvalue weighted by atomic mass is 35.5. The van der Waals surface area contributed by atoms with Crippen molar-refractivity contribution in [2.75, 3.05) is 26.7 Å². The second-order valence-electron chi connectivity index (χ2n) is 4.92. The molecule has 0 aliphatic carbocycles. The molecule has 1 aliphatic rings. The lowest BCUT2D eigenvalue weighted by atomic mass is 10.1. The quantitative estimate of drug-likeness (QED) is 0.905. The molecule has 1 aromatic rings. The minimum Gasteiger partial charge on any atom is -0.494 e. The molecular formula is C15H23ClN2O2. The van der Waals surface area contributed by atoms with Gasteiger partial charge in [-0.1, -0.05) is 18.2 Å². The molecule has 1 fully saturated rings. The van der Waals surface area contributed by atoms with Crippen molar-refractivity contribution in [1.29, 1.82) is 0 Å². The van der Waals surface area contributed by atoms with Crippen molar-refractivity contribution >= 4 is 18.3 Å². The first-order valence-electron chi connectivity index (χ1n) is 6.88. The van der Waals surface area contributed by atoms with E-state index < -0.39 is 0 Å². The summed E-state index contributed by atoms with van der Waals surface area (Å²) in [6.07, 6.45) is 0.941. The van der Waals surface area contributed by atoms with Gasteiger partial charge in [-0.2, -0.15) is 0 Å². The van der Waals surface area contributed by atoms with Crippen LogP contribution in [-0.4, -0.2) is 37.6 Å². The van der Waals surface area contributed by atoms with Crippen molar-refractivity contribution in [3.05, 3.63) is 29.8 Å². The zero-order valence-electron chi connectivity index (χ0n) is 12.1. The summed E-state index contributed by atoms with van der Waals surface area (Å²) < 4.78 is 5.59. The van der Waals surface area contributed by atoms with Gasteiger partial charge in [-0.25, -0.2) is 0 Å². The third kappa shape index (κ3) is 4.12. The van der Waals surface area contributed by atoms with Gasteiger partial charge in [0.25, 0.3) is 0 Å². The summed E-state index contributed by atoms with van der Waals surface area (Å²) in [5, 5.41) is 3.23. The van der Waals surface area contributed by atoms with Crippen LogP contribution in [0.25, 0.3) is 0 Å². The molecule has 20 heavy (non-hydrogen) atoms. The molecule has 1 unspecified atom stereocenters. The predicted molar refractivity (Wildman–Crippen MR) is 82.3 cm³/mol. The van der Waals surface area contributed by atoms with Gasteiger partial charge in [-0.05, 0) is 26.0 Å². The van der Waals surface area contributed by atoms with E-state index in [2.05, 4.69) is 5.32 Å². The van der Waals surface area contributed by atoms with Crippen LogP contribution in [0.5, 0.6) is 5.75 Å². The summed E-state index contributed by atoms with van der Waals surface area (Å²) in [5.41, 5.74) is 1.06. The molecule has 112 valence electrons. The second-order valence-corrected chi connectivity index (χ2v) is 4.92. The van der Waals surface area contributed by atoms with Gasteiger partial charge in [0.05, 0.1) is 12.5 Å². The topological polar surface area (TPSA) is 41.6 Å². The summed E-state index contributed by atoms with van der Waals surface area (Å²) >= 11 is 0. The Hall–Kier alpha value is -1.26. The molecule has 1 N–H and O–H groups in total. The summed E-state index contributed by atoms with van der Waals surface area (Å²) in [6.45, 7) is 4.96. The van der Waals surface area contributed by atoms with Gasteiger partial charge in [0.1, 0.15) is 5.75 Å². The largest absolute Gasteiger partial charge is 0.494 e. The number of rotatable bonds is 5. The van der Waals surface area contributed by atoms with E-state index >= 15 is 0 Å². The van der Waals surface area contributed by atoms with Crippen LogP contribution in [0.3, 0.4) is 0 Å². The Morgan fingerprint density at radius 1 is 1.45 bits per heavy atom. The summed E-state index contributed by atoms with van der Waals surface area (Å²) in [4.78, 5) is 14.1. The Bertz CT molecular complexity index is 434. The van der Waals surface area contributed by atoms with Crippen molar-refractivity contribution < 1.29 is 9.53 Å². The van der Waals surface area contributed by atoms with Gasteiger partial charge >= 0.3 is 0 Å². The van der Waals surface area contributed by atoms with Crippen molar-refractivity contribution in [3.63, 3.8) is 0 Å². The lowest BCUT2D eigenvalue weighted by molar-refractivity contribution is -0.134. The fourth-order valence-corrected chi connectivity index (χ4v) is 2.44. The number of nitrogens with one attached hydrogen (secondary N) is 1. The minimum absolute atomic E-state index is 0. The van der Waals surface area contributed by atoms with E-state index in [1.165, 1.54) is 0 Å². The van der Waals surface area contributed by atoms with Crippen LogP contribution in [0.2, 0.25) is 0 Å². The predicted octanol–water partition coefficient (Wildman–Crippen LogP) is 2.08. The van der Waals surface area contributed by atoms with Crippen molar-refractivity contribution in [2.24, 2.45) is 5.92 Å². The minimum atomic E-state index is 0. The number of carbonyl (C=O) groups excluding carboxylic acids is 1. The molecule has 1 saturated heterocycles. The van der Waals surface area contributed by atoms with Gasteiger partial charge in [0, 0.05) is 25.7 Å². The second kappa shape index (κ2) is 8.12. The number of ether oxygens (including phenoxy) is 1. The molecule has 1 heterocycles. The van der Waals surface area contributed by atoms with Gasteiger partial charge < -0.3 is 15.0 Å². The molecule has 0 aromatic heterocycles. The summed E-state index contributed by atoms with van der Waals surface area (Å²) in [5.74, 6) is 1.22.